The average Bonchev–Trinajstić information content (AvgIpc) is 0.829. The smallest absolute Gasteiger partial charge is 0.114 e. The van der Waals surface area contributed by atoms with E-state index in [1.165, 1.54) is 0 Å². The molecule has 0 bridgehead atoms. The van der Waals surface area contributed by atoms with E-state index in [4.69, 9.17) is 194 Å². The minimum absolute atomic E-state index is 0. The van der Waals surface area contributed by atoms with Crippen LogP contribution in [-0.2, 0) is 194 Å². The normalized spacial score (nSPS) is 13.2. The molecule has 138 heavy (non-hydrogen) atoms. The molecule has 0 fully saturated rings. The van der Waals surface area contributed by atoms with Gasteiger partial charge in [-0.1, -0.05) is 21.8 Å². The highest BCUT2D eigenvalue weighted by Gasteiger charge is 2.41. The second-order valence-electron chi connectivity index (χ2n) is 33.0. The zero-order chi connectivity index (χ0) is 105. The highest BCUT2D eigenvalue weighted by molar-refractivity contribution is 4.88. The zero-order valence-electron chi connectivity index (χ0n) is 92.4. The van der Waals surface area contributed by atoms with E-state index < -0.39 is 16.2 Å². The van der Waals surface area contributed by atoms with E-state index in [9.17, 15) is 0 Å². The lowest BCUT2D eigenvalue weighted by Crippen LogP contribution is -2.50. The first kappa shape index (κ1) is 156. The quantitative estimate of drug-likeness (QED) is 0.0640. The van der Waals surface area contributed by atoms with Gasteiger partial charge in [0, 0.05) is 288 Å². The van der Waals surface area contributed by atoms with Crippen molar-refractivity contribution in [3.63, 3.8) is 0 Å². The van der Waals surface area contributed by atoms with Gasteiger partial charge < -0.3 is 194 Å². The van der Waals surface area contributed by atoms with Gasteiger partial charge in [-0.25, -0.2) is 0 Å². The highest BCUT2D eigenvalue weighted by Crippen LogP contribution is 2.30. The second-order valence-corrected chi connectivity index (χ2v) is 33.0. The largest absolute Gasteiger partial charge is 0.384 e. The van der Waals surface area contributed by atoms with Crippen molar-refractivity contribution in [2.45, 2.75) is 70.9 Å². The van der Waals surface area contributed by atoms with Gasteiger partial charge in [0.05, 0.1) is 284 Å². The molecule has 6 atom stereocenters. The van der Waals surface area contributed by atoms with Crippen molar-refractivity contribution in [2.24, 2.45) is 37.9 Å². The monoisotopic (exact) mass is 2040 g/mol. The summed E-state index contributed by atoms with van der Waals surface area (Å²) >= 11 is 0. The van der Waals surface area contributed by atoms with Gasteiger partial charge in [-0.15, -0.1) is 0 Å². The Bertz CT molecular complexity index is 2030. The average molecular weight is 2040 g/mol. The summed E-state index contributed by atoms with van der Waals surface area (Å²) in [7, 11) is 61.2. The molecule has 0 aliphatic rings. The lowest BCUT2D eigenvalue weighted by Gasteiger charge is -2.37. The summed E-state index contributed by atoms with van der Waals surface area (Å²) in [5.41, 5.74) is -2.22. The van der Waals surface area contributed by atoms with Crippen LogP contribution in [0.5, 0.6) is 0 Å². The van der Waals surface area contributed by atoms with Crippen molar-refractivity contribution in [1.29, 1.82) is 0 Å². The molecule has 0 N–H and O–H groups in total. The van der Waals surface area contributed by atoms with Crippen LogP contribution in [0, 0.1) is 37.9 Å². The van der Waals surface area contributed by atoms with Gasteiger partial charge in [-0.05, 0) is 6.42 Å². The molecule has 0 heterocycles. The van der Waals surface area contributed by atoms with Gasteiger partial charge in [-0.2, -0.15) is 0 Å². The van der Waals surface area contributed by atoms with E-state index in [1.807, 2.05) is 0 Å². The maximum absolute atomic E-state index is 6.20. The van der Waals surface area contributed by atoms with Crippen molar-refractivity contribution in [3.8, 4) is 0 Å². The Morgan fingerprint density at radius 2 is 0.319 bits per heavy atom. The van der Waals surface area contributed by atoms with Crippen molar-refractivity contribution in [2.75, 3.05) is 534 Å². The number of rotatable bonds is 90. The van der Waals surface area contributed by atoms with E-state index in [0.717, 1.165) is 45.9 Å². The fourth-order valence-corrected chi connectivity index (χ4v) is 14.4. The maximum atomic E-state index is 6.20. The summed E-state index contributed by atoms with van der Waals surface area (Å²) in [6, 6.07) is 0. The summed E-state index contributed by atoms with van der Waals surface area (Å²) < 4.78 is 217. The van der Waals surface area contributed by atoms with Gasteiger partial charge in [0.1, 0.15) is 42.7 Å². The summed E-state index contributed by atoms with van der Waals surface area (Å²) in [5, 5.41) is 0. The minimum atomic E-state index is -0.512. The first-order chi connectivity index (χ1) is 65.6. The Balaban J connectivity index is -0.000000175. The molecule has 848 valence electrons. The number of nitrogens with zero attached hydrogens (tertiary/aromatic N) is 1. The highest BCUT2D eigenvalue weighted by atomic mass is 16.6. The van der Waals surface area contributed by atoms with E-state index in [0.29, 0.717) is 231 Å². The number of hydrogen-bond acceptors (Lipinski definition) is 42. The van der Waals surface area contributed by atoms with Crippen molar-refractivity contribution < 1.29 is 194 Å². The van der Waals surface area contributed by atoms with Crippen LogP contribution in [0.3, 0.4) is 0 Å². The molecule has 0 aromatic heterocycles. The van der Waals surface area contributed by atoms with Gasteiger partial charge in [-0.3, -0.25) is 4.90 Å². The zero-order valence-corrected chi connectivity index (χ0v) is 92.4. The van der Waals surface area contributed by atoms with E-state index in [2.05, 4.69) is 11.8 Å². The Morgan fingerprint density at radius 1 is 0.159 bits per heavy atom. The minimum Gasteiger partial charge on any atom is -0.384 e. The molecule has 0 aromatic rings. The predicted molar refractivity (Wildman–Crippen MR) is 532 cm³/mol. The molecule has 6 unspecified atom stereocenters. The Hall–Kier alpha value is -1.68. The van der Waals surface area contributed by atoms with Gasteiger partial charge in [0.15, 0.2) is 0 Å². The van der Waals surface area contributed by atoms with Crippen LogP contribution >= 0.6 is 0 Å². The summed E-state index contributed by atoms with van der Waals surface area (Å²) in [6.45, 7) is 24.4. The van der Waals surface area contributed by atoms with Crippen LogP contribution in [-0.4, -0.2) is 581 Å². The topological polar surface area (TPSA) is 382 Å². The molecule has 42 heteroatoms. The van der Waals surface area contributed by atoms with E-state index >= 15 is 0 Å². The molecule has 0 aromatic carbocycles. The molecule has 0 rings (SSSR count). The number of ether oxygens (including phenoxy) is 41. The molecule has 0 saturated heterocycles. The molecule has 0 aliphatic carbocycles. The number of methoxy groups -OCH3 is 37. The molecule has 42 nitrogen and oxygen atoms in total. The van der Waals surface area contributed by atoms with Gasteiger partial charge >= 0.3 is 0 Å². The molecular weight excluding hydrogens is 1820 g/mol. The molecule has 0 aliphatic heterocycles. The molecule has 0 amide bonds. The van der Waals surface area contributed by atoms with Gasteiger partial charge in [0.2, 0.25) is 0 Å². The first-order valence-corrected chi connectivity index (χ1v) is 45.0. The van der Waals surface area contributed by atoms with Crippen LogP contribution < -0.4 is 0 Å². The summed E-state index contributed by atoms with van der Waals surface area (Å²) in [6.07, 6.45) is -0.0770. The number of hydrogen-bond donors (Lipinski definition) is 0. The van der Waals surface area contributed by atoms with Crippen LogP contribution in [0.15, 0.2) is 0 Å². The van der Waals surface area contributed by atoms with Crippen molar-refractivity contribution in [1.82, 2.24) is 4.90 Å². The Kier molecular flexibility index (Phi) is 128. The third-order valence-corrected chi connectivity index (χ3v) is 20.4. The second kappa shape index (κ2) is 112. The molecular formula is C96H213NO41. The van der Waals surface area contributed by atoms with Crippen molar-refractivity contribution in [3.05, 3.63) is 0 Å². The fourth-order valence-electron chi connectivity index (χ4n) is 14.4. The van der Waals surface area contributed by atoms with Crippen LogP contribution in [0.4, 0.5) is 0 Å². The third kappa shape index (κ3) is 81.3. The van der Waals surface area contributed by atoms with E-state index in [1.54, 1.807) is 263 Å². The molecule has 0 radical (unpaired) electrons. The van der Waals surface area contributed by atoms with Crippen LogP contribution in [0.2, 0.25) is 0 Å². The summed E-state index contributed by atoms with van der Waals surface area (Å²) in [4.78, 5) is 2.26. The lowest BCUT2D eigenvalue weighted by atomic mass is 9.88. The Labute approximate surface area is 838 Å². The molecule has 0 spiro atoms. The van der Waals surface area contributed by atoms with Crippen LogP contribution in [0.1, 0.15) is 28.2 Å². The van der Waals surface area contributed by atoms with Crippen LogP contribution in [0.25, 0.3) is 0 Å². The standard InChI is InChI=1S/C23H48O10.C16H34O7.C12H26O6.C10H22O5.C9H21NO3.C9H20O4.C9H20O3.C6H14O3.2CH4/c1-24-9-21(10-25-2,11-26-3)17-32-19-23(15-30-7,16-31-8)20-33-18-22(12-27-4,13-28-5)14-29-6;1-17-7-15(8-18-2,9-19-3)13-23-14-16(10-20-4,11-21-5)12-22-6;1-13-7-9(15-3)11(17-5)12(18-6)10(16-4)8-14-2;1-11-5-9(13-3)7-15-8-10(14-4)6-12-2;1-11-7-4-10(5-8-12-2)6-9-13-3;1-10-5-9(6-11-2,7-12-3)8-13-4;1-5-9(6-10-2,7-11-3)8-12-4;1-7-4-6(9-3)5-8-2;;/h9-20H2,1-8H3;7-14H2,1-6H3;9-12H,7-8H2,1-6H3;9-10H,5-8H2,1-4H3;4-9H2,1-3H3;5-8H2,1-4H3;5-8H2,1-4H3;6H,4-5H2,1-3H3;2*1H4. The summed E-state index contributed by atoms with van der Waals surface area (Å²) in [5.74, 6) is 0. The van der Waals surface area contributed by atoms with E-state index in [-0.39, 0.29) is 79.2 Å². The van der Waals surface area contributed by atoms with Gasteiger partial charge in [0.25, 0.3) is 0 Å². The van der Waals surface area contributed by atoms with Crippen molar-refractivity contribution >= 4 is 0 Å². The Morgan fingerprint density at radius 3 is 0.457 bits per heavy atom. The lowest BCUT2D eigenvalue weighted by molar-refractivity contribution is -0.166. The first-order valence-electron chi connectivity index (χ1n) is 45.0. The predicted octanol–water partition coefficient (Wildman–Crippen LogP) is 6.34. The fraction of sp³-hybridized carbons (Fsp3) is 1.00. The maximum Gasteiger partial charge on any atom is 0.114 e. The molecule has 0 saturated carbocycles. The third-order valence-electron chi connectivity index (χ3n) is 20.4. The SMILES string of the molecule is C.C.CCC(COC)(COC)COC.COCC(COC)(COC)COC.COCC(COC)(COC)COCC(COC)(COC)COC.COCC(COC)(COC)COCC(COC)(COC)COCC(COC)(COC)COC.COCC(COC)OC.COCC(COCC(COC)OC)OC.COCC(OC)C(OC)C(OC)C(COC)OC.COCCN(CCOC)CCOC.